The van der Waals surface area contributed by atoms with Gasteiger partial charge in [0, 0.05) is 16.7 Å². The van der Waals surface area contributed by atoms with E-state index >= 15 is 0 Å². The second kappa shape index (κ2) is 6.16. The van der Waals surface area contributed by atoms with Crippen LogP contribution in [-0.2, 0) is 4.74 Å². The van der Waals surface area contributed by atoms with Crippen molar-refractivity contribution in [3.63, 3.8) is 0 Å². The number of nitrogens with zero attached hydrogens (tertiary/aromatic N) is 4. The van der Waals surface area contributed by atoms with E-state index in [0.717, 1.165) is 0 Å². The van der Waals surface area contributed by atoms with Crippen molar-refractivity contribution in [2.75, 3.05) is 13.7 Å². The zero-order valence-electron chi connectivity index (χ0n) is 9.47. The van der Waals surface area contributed by atoms with Crippen LogP contribution in [0.15, 0.2) is 17.4 Å². The minimum absolute atomic E-state index is 0.105. The van der Waals surface area contributed by atoms with Crippen LogP contribution in [0.4, 0.5) is 0 Å². The maximum atomic E-state index is 11.3. The molecule has 0 aliphatic rings. The summed E-state index contributed by atoms with van der Waals surface area (Å²) in [6, 6.07) is 1.72. The lowest BCUT2D eigenvalue weighted by atomic mass is 10.1. The second-order valence-electron chi connectivity index (χ2n) is 3.07. The van der Waals surface area contributed by atoms with Crippen LogP contribution in [-0.4, -0.2) is 24.6 Å². The molecule has 0 amide bonds. The lowest BCUT2D eigenvalue weighted by molar-refractivity contribution is 0.0593. The number of carbonyl (C=O) groups excluding carboxylic acids is 1. The number of esters is 1. The van der Waals surface area contributed by atoms with Crippen LogP contribution >= 0.6 is 0 Å². The van der Waals surface area contributed by atoms with Gasteiger partial charge in [0.2, 0.25) is 0 Å². The maximum Gasteiger partial charge on any atom is 0.356 e. The van der Waals surface area contributed by atoms with E-state index in [1.54, 1.807) is 13.0 Å². The van der Waals surface area contributed by atoms with E-state index in [9.17, 15) is 4.79 Å². The molecule has 1 aromatic heterocycles. The van der Waals surface area contributed by atoms with Gasteiger partial charge in [-0.05, 0) is 24.1 Å². The molecule has 0 aliphatic heterocycles. The third-order valence-electron chi connectivity index (χ3n) is 1.90. The summed E-state index contributed by atoms with van der Waals surface area (Å²) in [5.74, 6) is 4.97. The number of rotatable bonds is 2. The molecule has 6 nitrogen and oxygen atoms in total. The molecule has 0 fully saturated rings. The Balaban J connectivity index is 2.91. The van der Waals surface area contributed by atoms with E-state index in [4.69, 9.17) is 5.53 Å². The number of hydrogen-bond acceptors (Lipinski definition) is 4. The van der Waals surface area contributed by atoms with E-state index in [-0.39, 0.29) is 12.2 Å². The summed E-state index contributed by atoms with van der Waals surface area (Å²) in [4.78, 5) is 17.8. The average Bonchev–Trinajstić information content (AvgIpc) is 2.34. The fraction of sp³-hybridized carbons (Fsp3) is 0.273. The van der Waals surface area contributed by atoms with Crippen LogP contribution in [0.3, 0.4) is 0 Å². The molecule has 0 radical (unpaired) electrons. The van der Waals surface area contributed by atoms with Crippen molar-refractivity contribution in [1.29, 1.82) is 0 Å². The minimum Gasteiger partial charge on any atom is -0.464 e. The van der Waals surface area contributed by atoms with Crippen LogP contribution in [0.5, 0.6) is 0 Å². The predicted octanol–water partition coefficient (Wildman–Crippen LogP) is 1.84. The summed E-state index contributed by atoms with van der Waals surface area (Å²) in [5, 5.41) is 3.28. The normalized spacial score (nSPS) is 8.59. The summed E-state index contributed by atoms with van der Waals surface area (Å²) in [6.45, 7) is 1.85. The first-order valence-electron chi connectivity index (χ1n) is 4.73. The van der Waals surface area contributed by atoms with E-state index in [1.165, 1.54) is 13.3 Å². The average molecular weight is 230 g/mol. The summed E-state index contributed by atoms with van der Waals surface area (Å²) < 4.78 is 4.58. The summed E-state index contributed by atoms with van der Waals surface area (Å²) >= 11 is 0. The van der Waals surface area contributed by atoms with Gasteiger partial charge in [0.1, 0.15) is 0 Å². The number of methoxy groups -OCH3 is 1. The summed E-state index contributed by atoms with van der Waals surface area (Å²) in [5.41, 5.74) is 9.67. The molecule has 0 saturated heterocycles. The Bertz CT molecular complexity index is 536. The first kappa shape index (κ1) is 12.6. The molecular weight excluding hydrogens is 220 g/mol. The lowest BCUT2D eigenvalue weighted by Gasteiger charge is -2.02. The smallest absolute Gasteiger partial charge is 0.356 e. The number of ether oxygens (including phenoxy) is 1. The first-order valence-corrected chi connectivity index (χ1v) is 4.73. The highest BCUT2D eigenvalue weighted by Gasteiger charge is 2.10. The topological polar surface area (TPSA) is 88.0 Å². The quantitative estimate of drug-likeness (QED) is 0.255. The zero-order chi connectivity index (χ0) is 12.7. The van der Waals surface area contributed by atoms with Crippen molar-refractivity contribution in [2.45, 2.75) is 6.92 Å². The van der Waals surface area contributed by atoms with Crippen molar-refractivity contribution in [2.24, 2.45) is 5.11 Å². The Hall–Kier alpha value is -2.51. The Morgan fingerprint density at radius 3 is 3.06 bits per heavy atom. The van der Waals surface area contributed by atoms with E-state index < -0.39 is 5.97 Å². The maximum absolute atomic E-state index is 11.3. The molecule has 0 N–H and O–H groups in total. The SMILES string of the molecule is COC(=O)c1ncc(C#CCN=[N+]=[N-])cc1C. The highest BCUT2D eigenvalue weighted by atomic mass is 16.5. The van der Waals surface area contributed by atoms with E-state index in [2.05, 4.69) is 31.6 Å². The van der Waals surface area contributed by atoms with Gasteiger partial charge in [0.05, 0.1) is 13.7 Å². The van der Waals surface area contributed by atoms with Crippen LogP contribution in [0.25, 0.3) is 10.4 Å². The third-order valence-corrected chi connectivity index (χ3v) is 1.90. The first-order chi connectivity index (χ1) is 8.19. The van der Waals surface area contributed by atoms with Crippen molar-refractivity contribution in [1.82, 2.24) is 4.98 Å². The van der Waals surface area contributed by atoms with Gasteiger partial charge >= 0.3 is 5.97 Å². The van der Waals surface area contributed by atoms with Gasteiger partial charge in [-0.25, -0.2) is 9.78 Å². The lowest BCUT2D eigenvalue weighted by Crippen LogP contribution is -2.06. The van der Waals surface area contributed by atoms with Gasteiger partial charge in [0.25, 0.3) is 0 Å². The van der Waals surface area contributed by atoms with E-state index in [0.29, 0.717) is 11.1 Å². The highest BCUT2D eigenvalue weighted by Crippen LogP contribution is 2.07. The van der Waals surface area contributed by atoms with Crippen molar-refractivity contribution in [3.8, 4) is 11.8 Å². The van der Waals surface area contributed by atoms with Crippen molar-refractivity contribution in [3.05, 3.63) is 39.5 Å². The van der Waals surface area contributed by atoms with E-state index in [1.807, 2.05) is 0 Å². The molecule has 0 saturated carbocycles. The number of azide groups is 1. The Morgan fingerprint density at radius 2 is 2.47 bits per heavy atom. The standard InChI is InChI=1S/C11H10N4O2/c1-8-6-9(4-3-5-14-15-12)7-13-10(8)11(16)17-2/h6-7H,5H2,1-2H3. The summed E-state index contributed by atoms with van der Waals surface area (Å²) in [6.07, 6.45) is 1.47. The number of carbonyl (C=O) groups is 1. The van der Waals surface area contributed by atoms with Gasteiger partial charge in [-0.1, -0.05) is 17.0 Å². The molecule has 0 bridgehead atoms. The number of aryl methyl sites for hydroxylation is 1. The number of aromatic nitrogens is 1. The highest BCUT2D eigenvalue weighted by molar-refractivity contribution is 5.88. The van der Waals surface area contributed by atoms with Crippen LogP contribution in [0, 0.1) is 18.8 Å². The number of hydrogen-bond donors (Lipinski definition) is 0. The van der Waals surface area contributed by atoms with Crippen LogP contribution < -0.4 is 0 Å². The van der Waals surface area contributed by atoms with Gasteiger partial charge in [-0.2, -0.15) is 0 Å². The molecule has 1 aromatic rings. The fourth-order valence-corrected chi connectivity index (χ4v) is 1.16. The molecule has 1 rings (SSSR count). The molecule has 1 heterocycles. The monoisotopic (exact) mass is 230 g/mol. The zero-order valence-corrected chi connectivity index (χ0v) is 9.47. The number of pyridine rings is 1. The molecule has 0 aliphatic carbocycles. The molecule has 0 unspecified atom stereocenters. The molecule has 0 atom stereocenters. The Morgan fingerprint density at radius 1 is 1.71 bits per heavy atom. The van der Waals surface area contributed by atoms with Crippen LogP contribution in [0.2, 0.25) is 0 Å². The molecule has 17 heavy (non-hydrogen) atoms. The fourth-order valence-electron chi connectivity index (χ4n) is 1.16. The Labute approximate surface area is 98.2 Å². The van der Waals surface area contributed by atoms with Crippen molar-refractivity contribution < 1.29 is 9.53 Å². The third kappa shape index (κ3) is 3.52. The largest absolute Gasteiger partial charge is 0.464 e. The minimum atomic E-state index is -0.476. The van der Waals surface area contributed by atoms with Crippen LogP contribution in [0.1, 0.15) is 21.6 Å². The van der Waals surface area contributed by atoms with Gasteiger partial charge in [0.15, 0.2) is 5.69 Å². The molecular formula is C11H10N4O2. The Kier molecular flexibility index (Phi) is 4.55. The van der Waals surface area contributed by atoms with Crippen molar-refractivity contribution >= 4 is 5.97 Å². The molecule has 86 valence electrons. The van der Waals surface area contributed by atoms with Gasteiger partial charge < -0.3 is 4.74 Å². The molecule has 0 spiro atoms. The second-order valence-corrected chi connectivity index (χ2v) is 3.07. The van der Waals surface area contributed by atoms with Gasteiger partial charge in [-0.15, -0.1) is 0 Å². The van der Waals surface area contributed by atoms with Gasteiger partial charge in [-0.3, -0.25) is 0 Å². The molecule has 6 heteroatoms. The summed E-state index contributed by atoms with van der Waals surface area (Å²) in [7, 11) is 1.30. The molecule has 0 aromatic carbocycles. The predicted molar refractivity (Wildman–Crippen MR) is 61.2 cm³/mol.